The summed E-state index contributed by atoms with van der Waals surface area (Å²) in [5.41, 5.74) is 0.878. The summed E-state index contributed by atoms with van der Waals surface area (Å²) in [6.07, 6.45) is 1.45. The van der Waals surface area contributed by atoms with Crippen molar-refractivity contribution in [2.24, 2.45) is 0 Å². The van der Waals surface area contributed by atoms with Crippen LogP contribution in [0.15, 0.2) is 59.6 Å². The fourth-order valence-corrected chi connectivity index (χ4v) is 3.80. The summed E-state index contributed by atoms with van der Waals surface area (Å²) in [5.74, 6) is -0.579. The lowest BCUT2D eigenvalue weighted by Gasteiger charge is -2.12. The second-order valence-corrected chi connectivity index (χ2v) is 9.16. The van der Waals surface area contributed by atoms with Gasteiger partial charge in [0.15, 0.2) is 5.75 Å². The Hall–Kier alpha value is -3.77. The lowest BCUT2D eigenvalue weighted by Crippen LogP contribution is -2.22. The zero-order valence-electron chi connectivity index (χ0n) is 18.2. The van der Waals surface area contributed by atoms with Crippen LogP contribution >= 0.6 is 0 Å². The van der Waals surface area contributed by atoms with E-state index in [1.165, 1.54) is 61.4 Å². The number of nitrogens with zero attached hydrogens (tertiary/aromatic N) is 4. The first-order valence-corrected chi connectivity index (χ1v) is 11.2. The number of non-ortho nitro benzene ring substituents is 1. The third kappa shape index (κ3) is 5.35. The van der Waals surface area contributed by atoms with Crippen LogP contribution in [0.1, 0.15) is 23.0 Å². The number of esters is 1. The highest BCUT2D eigenvalue weighted by Gasteiger charge is 2.21. The summed E-state index contributed by atoms with van der Waals surface area (Å²) in [5, 5.41) is 15.1. The molecule has 0 atom stereocenters. The van der Waals surface area contributed by atoms with Crippen molar-refractivity contribution in [2.45, 2.75) is 18.4 Å². The maximum Gasteiger partial charge on any atom is 0.362 e. The molecule has 0 radical (unpaired) electrons. The Bertz CT molecular complexity index is 1270. The molecule has 0 amide bonds. The Balaban J connectivity index is 1.89. The number of nitro benzene ring substituents is 1. The van der Waals surface area contributed by atoms with Gasteiger partial charge in [-0.1, -0.05) is 12.1 Å². The number of aromatic nitrogens is 2. The molecule has 33 heavy (non-hydrogen) atoms. The van der Waals surface area contributed by atoms with Gasteiger partial charge in [-0.2, -0.15) is 5.10 Å². The molecule has 0 N–H and O–H groups in total. The number of hydrogen-bond acceptors (Lipinski definition) is 8. The fourth-order valence-electron chi connectivity index (χ4n) is 2.83. The van der Waals surface area contributed by atoms with Crippen molar-refractivity contribution >= 4 is 21.7 Å². The highest BCUT2D eigenvalue weighted by molar-refractivity contribution is 7.89. The first kappa shape index (κ1) is 23.9. The third-order valence-electron chi connectivity index (χ3n) is 4.55. The molecular formula is C21H22N4O7S. The average molecular weight is 474 g/mol. The van der Waals surface area contributed by atoms with Gasteiger partial charge in [0, 0.05) is 26.2 Å². The summed E-state index contributed by atoms with van der Waals surface area (Å²) in [6, 6.07) is 11.9. The number of sulfonamides is 1. The molecule has 0 saturated heterocycles. The molecule has 3 aromatic rings. The first-order chi connectivity index (χ1) is 15.6. The monoisotopic (exact) mass is 474 g/mol. The zero-order valence-corrected chi connectivity index (χ0v) is 19.0. The van der Waals surface area contributed by atoms with Crippen LogP contribution in [0.3, 0.4) is 0 Å². The molecule has 11 nitrogen and oxygen atoms in total. The molecule has 0 spiro atoms. The van der Waals surface area contributed by atoms with E-state index in [9.17, 15) is 23.3 Å². The van der Waals surface area contributed by atoms with Gasteiger partial charge >= 0.3 is 5.97 Å². The Morgan fingerprint density at radius 3 is 2.48 bits per heavy atom. The van der Waals surface area contributed by atoms with Crippen molar-refractivity contribution in [3.63, 3.8) is 0 Å². The number of benzene rings is 2. The standard InChI is InChI=1S/C21H22N4O7S/c1-4-31-21(26)20-19(13-24(22-20)16-8-10-17(11-9-16)25(27)28)32-14-15-6-5-7-18(12-15)33(29,30)23(2)3/h5-13H,4,14H2,1-3H3. The Labute approximate surface area is 190 Å². The fraction of sp³-hybridized carbons (Fsp3) is 0.238. The third-order valence-corrected chi connectivity index (χ3v) is 6.36. The van der Waals surface area contributed by atoms with E-state index < -0.39 is 20.9 Å². The van der Waals surface area contributed by atoms with E-state index in [1.54, 1.807) is 19.1 Å². The van der Waals surface area contributed by atoms with Gasteiger partial charge < -0.3 is 9.47 Å². The van der Waals surface area contributed by atoms with Gasteiger partial charge in [0.2, 0.25) is 15.7 Å². The molecule has 1 heterocycles. The van der Waals surface area contributed by atoms with Crippen molar-refractivity contribution in [3.05, 3.63) is 76.1 Å². The smallest absolute Gasteiger partial charge is 0.362 e. The van der Waals surface area contributed by atoms with Crippen LogP contribution in [0, 0.1) is 10.1 Å². The number of nitro groups is 1. The Morgan fingerprint density at radius 1 is 1.18 bits per heavy atom. The number of rotatable bonds is 9. The van der Waals surface area contributed by atoms with Gasteiger partial charge in [-0.25, -0.2) is 22.2 Å². The van der Waals surface area contributed by atoms with E-state index in [0.29, 0.717) is 11.3 Å². The Morgan fingerprint density at radius 2 is 1.88 bits per heavy atom. The minimum Gasteiger partial charge on any atom is -0.485 e. The maximum atomic E-state index is 12.4. The molecule has 0 bridgehead atoms. The molecule has 0 aliphatic heterocycles. The summed E-state index contributed by atoms with van der Waals surface area (Å²) in [4.78, 5) is 22.8. The van der Waals surface area contributed by atoms with Crippen molar-refractivity contribution in [1.82, 2.24) is 14.1 Å². The number of carbonyl (C=O) groups excluding carboxylic acids is 1. The van der Waals surface area contributed by atoms with Gasteiger partial charge in [-0.05, 0) is 36.8 Å². The van der Waals surface area contributed by atoms with Crippen molar-refractivity contribution in [2.75, 3.05) is 20.7 Å². The molecule has 0 fully saturated rings. The van der Waals surface area contributed by atoms with E-state index in [0.717, 1.165) is 4.31 Å². The van der Waals surface area contributed by atoms with Gasteiger partial charge in [-0.15, -0.1) is 0 Å². The lowest BCUT2D eigenvalue weighted by atomic mass is 10.2. The van der Waals surface area contributed by atoms with Gasteiger partial charge in [-0.3, -0.25) is 10.1 Å². The highest BCUT2D eigenvalue weighted by atomic mass is 32.2. The van der Waals surface area contributed by atoms with Crippen molar-refractivity contribution < 1.29 is 27.6 Å². The molecule has 0 aliphatic rings. The summed E-state index contributed by atoms with van der Waals surface area (Å²) in [6.45, 7) is 1.75. The van der Waals surface area contributed by atoms with E-state index in [-0.39, 0.29) is 35.2 Å². The van der Waals surface area contributed by atoms with Crippen LogP contribution in [0.5, 0.6) is 5.75 Å². The van der Waals surface area contributed by atoms with Gasteiger partial charge in [0.1, 0.15) is 6.61 Å². The summed E-state index contributed by atoms with van der Waals surface area (Å²) >= 11 is 0. The van der Waals surface area contributed by atoms with Crippen LogP contribution in [0.4, 0.5) is 5.69 Å². The molecule has 12 heteroatoms. The zero-order chi connectivity index (χ0) is 24.2. The Kier molecular flexibility index (Phi) is 7.09. The van der Waals surface area contributed by atoms with Crippen LogP contribution in [0.25, 0.3) is 5.69 Å². The number of hydrogen-bond donors (Lipinski definition) is 0. The van der Waals surface area contributed by atoms with E-state index in [2.05, 4.69) is 5.10 Å². The summed E-state index contributed by atoms with van der Waals surface area (Å²) in [7, 11) is -0.731. The van der Waals surface area contributed by atoms with Crippen LogP contribution in [-0.2, 0) is 21.4 Å². The molecule has 3 rings (SSSR count). The largest absolute Gasteiger partial charge is 0.485 e. The minimum atomic E-state index is -3.61. The molecule has 0 saturated carbocycles. The van der Waals surface area contributed by atoms with Crippen LogP contribution in [0.2, 0.25) is 0 Å². The molecule has 2 aromatic carbocycles. The van der Waals surface area contributed by atoms with E-state index in [4.69, 9.17) is 9.47 Å². The van der Waals surface area contributed by atoms with Crippen molar-refractivity contribution in [1.29, 1.82) is 0 Å². The SMILES string of the molecule is CCOC(=O)c1nn(-c2ccc([N+](=O)[O-])cc2)cc1OCc1cccc(S(=O)(=O)N(C)C)c1. The lowest BCUT2D eigenvalue weighted by molar-refractivity contribution is -0.384. The van der Waals surface area contributed by atoms with Gasteiger partial charge in [0.05, 0.1) is 28.3 Å². The molecule has 174 valence electrons. The topological polar surface area (TPSA) is 134 Å². The number of ether oxygens (including phenoxy) is 2. The minimum absolute atomic E-state index is 0.0326. The highest BCUT2D eigenvalue weighted by Crippen LogP contribution is 2.24. The predicted molar refractivity (Wildman–Crippen MR) is 118 cm³/mol. The van der Waals surface area contributed by atoms with Crippen LogP contribution < -0.4 is 4.74 Å². The predicted octanol–water partition coefficient (Wildman–Crippen LogP) is 2.79. The van der Waals surface area contributed by atoms with E-state index >= 15 is 0 Å². The van der Waals surface area contributed by atoms with Crippen molar-refractivity contribution in [3.8, 4) is 11.4 Å². The second-order valence-electron chi connectivity index (χ2n) is 7.00. The quantitative estimate of drug-likeness (QED) is 0.263. The maximum absolute atomic E-state index is 12.4. The molecule has 1 aromatic heterocycles. The molecule has 0 aliphatic carbocycles. The first-order valence-electron chi connectivity index (χ1n) is 9.79. The summed E-state index contributed by atoms with van der Waals surface area (Å²) < 4.78 is 38.0. The van der Waals surface area contributed by atoms with E-state index in [1.807, 2.05) is 0 Å². The van der Waals surface area contributed by atoms with Crippen LogP contribution in [-0.4, -0.2) is 54.1 Å². The average Bonchev–Trinajstić information content (AvgIpc) is 3.22. The van der Waals surface area contributed by atoms with Gasteiger partial charge in [0.25, 0.3) is 5.69 Å². The normalized spacial score (nSPS) is 11.4. The molecule has 0 unspecified atom stereocenters. The number of carbonyl (C=O) groups is 1. The second kappa shape index (κ2) is 9.79. The molecular weight excluding hydrogens is 452 g/mol.